The minimum Gasteiger partial charge on any atom is -0.310 e. The third kappa shape index (κ3) is 3.32. The van der Waals surface area contributed by atoms with Crippen LogP contribution in [0.5, 0.6) is 0 Å². The van der Waals surface area contributed by atoms with Crippen molar-refractivity contribution in [3.63, 3.8) is 0 Å². The number of unbranched alkanes of at least 4 members (excludes halogenated alkanes) is 2. The maximum atomic E-state index is 5.23. The Labute approximate surface area is 112 Å². The van der Waals surface area contributed by atoms with Gasteiger partial charge in [0, 0.05) is 18.7 Å². The molecule has 1 unspecified atom stereocenters. The molecule has 0 saturated carbocycles. The summed E-state index contributed by atoms with van der Waals surface area (Å²) in [6.07, 6.45) is 10.3. The van der Waals surface area contributed by atoms with Crippen LogP contribution < -0.4 is 5.32 Å². The minimum absolute atomic E-state index is 0.342. The van der Waals surface area contributed by atoms with Gasteiger partial charge in [-0.05, 0) is 49.4 Å². The fraction of sp³-hybridized carbons (Fsp3) is 0.400. The number of aromatic nitrogens is 1. The normalized spacial score (nSPS) is 12.4. The quantitative estimate of drug-likeness (QED) is 0.630. The highest BCUT2D eigenvalue weighted by Gasteiger charge is 2.06. The first-order valence-corrected chi connectivity index (χ1v) is 7.19. The third-order valence-electron chi connectivity index (χ3n) is 3.02. The van der Waals surface area contributed by atoms with Gasteiger partial charge in [-0.15, -0.1) is 23.7 Å². The molecular weight excluding hydrogens is 240 g/mol. The summed E-state index contributed by atoms with van der Waals surface area (Å²) in [5.41, 5.74) is 2.34. The number of thiophene rings is 1. The maximum absolute atomic E-state index is 5.23. The Bertz CT molecular complexity index is 539. The molecule has 0 saturated heterocycles. The van der Waals surface area contributed by atoms with Crippen LogP contribution in [-0.4, -0.2) is 11.5 Å². The van der Waals surface area contributed by atoms with E-state index in [0.29, 0.717) is 6.04 Å². The Balaban J connectivity index is 1.88. The Kier molecular flexibility index (Phi) is 4.74. The zero-order chi connectivity index (χ0) is 12.8. The average Bonchev–Trinajstić information content (AvgIpc) is 2.85. The van der Waals surface area contributed by atoms with Crippen LogP contribution in [-0.2, 0) is 0 Å². The van der Waals surface area contributed by atoms with Crippen LogP contribution in [0.1, 0.15) is 37.8 Å². The van der Waals surface area contributed by atoms with Gasteiger partial charge < -0.3 is 5.32 Å². The van der Waals surface area contributed by atoms with Crippen molar-refractivity contribution in [3.05, 3.63) is 29.3 Å². The maximum Gasteiger partial charge on any atom is 0.0809 e. The molecule has 0 spiro atoms. The fourth-order valence-corrected chi connectivity index (χ4v) is 2.68. The van der Waals surface area contributed by atoms with E-state index in [1.807, 2.05) is 6.20 Å². The Morgan fingerprint density at radius 3 is 3.22 bits per heavy atom. The Morgan fingerprint density at radius 1 is 1.50 bits per heavy atom. The predicted octanol–water partition coefficient (Wildman–Crippen LogP) is 3.75. The van der Waals surface area contributed by atoms with Crippen LogP contribution >= 0.6 is 11.3 Å². The van der Waals surface area contributed by atoms with Crippen LogP contribution in [0.15, 0.2) is 23.7 Å². The predicted molar refractivity (Wildman–Crippen MR) is 78.7 cm³/mol. The van der Waals surface area contributed by atoms with Crippen LogP contribution in [0.4, 0.5) is 0 Å². The first-order chi connectivity index (χ1) is 8.81. The first-order valence-electron chi connectivity index (χ1n) is 6.31. The summed E-state index contributed by atoms with van der Waals surface area (Å²) >= 11 is 1.74. The molecule has 2 rings (SSSR count). The zero-order valence-corrected chi connectivity index (χ0v) is 11.5. The molecule has 0 fully saturated rings. The molecule has 0 aliphatic heterocycles. The number of rotatable bonds is 6. The van der Waals surface area contributed by atoms with E-state index in [0.717, 1.165) is 31.3 Å². The summed E-state index contributed by atoms with van der Waals surface area (Å²) in [5.74, 6) is 2.67. The molecule has 1 N–H and O–H groups in total. The number of terminal acetylenes is 1. The zero-order valence-electron chi connectivity index (χ0n) is 10.6. The van der Waals surface area contributed by atoms with Crippen LogP contribution in [0.3, 0.4) is 0 Å². The van der Waals surface area contributed by atoms with Gasteiger partial charge in [0.15, 0.2) is 0 Å². The largest absolute Gasteiger partial charge is 0.310 e. The highest BCUT2D eigenvalue weighted by atomic mass is 32.1. The van der Waals surface area contributed by atoms with Crippen molar-refractivity contribution in [1.29, 1.82) is 0 Å². The summed E-state index contributed by atoms with van der Waals surface area (Å²) in [6, 6.07) is 4.63. The summed E-state index contributed by atoms with van der Waals surface area (Å²) in [7, 11) is 0. The van der Waals surface area contributed by atoms with Crippen LogP contribution in [0.2, 0.25) is 0 Å². The molecule has 18 heavy (non-hydrogen) atoms. The first kappa shape index (κ1) is 13.1. The lowest BCUT2D eigenvalue weighted by Crippen LogP contribution is -2.19. The molecule has 2 nitrogen and oxygen atoms in total. The van der Waals surface area contributed by atoms with E-state index in [2.05, 4.69) is 40.7 Å². The average molecular weight is 258 g/mol. The SMILES string of the molecule is C#CCCCCNC(C)c1cnc2ccsc2c1. The smallest absolute Gasteiger partial charge is 0.0809 e. The molecule has 2 heterocycles. The molecule has 0 bridgehead atoms. The number of nitrogens with one attached hydrogen (secondary N) is 1. The molecule has 0 aliphatic carbocycles. The van der Waals surface area contributed by atoms with Crippen molar-refractivity contribution in [2.75, 3.05) is 6.54 Å². The van der Waals surface area contributed by atoms with Gasteiger partial charge in [-0.2, -0.15) is 0 Å². The fourth-order valence-electron chi connectivity index (χ4n) is 1.89. The van der Waals surface area contributed by atoms with Gasteiger partial charge in [-0.3, -0.25) is 4.98 Å². The van der Waals surface area contributed by atoms with Gasteiger partial charge in [-0.25, -0.2) is 0 Å². The van der Waals surface area contributed by atoms with Gasteiger partial charge in [0.1, 0.15) is 0 Å². The van der Waals surface area contributed by atoms with E-state index in [4.69, 9.17) is 6.42 Å². The lowest BCUT2D eigenvalue weighted by atomic mass is 10.1. The number of nitrogens with zero attached hydrogens (tertiary/aromatic N) is 1. The van der Waals surface area contributed by atoms with Crippen LogP contribution in [0.25, 0.3) is 10.2 Å². The van der Waals surface area contributed by atoms with Gasteiger partial charge in [0.05, 0.1) is 10.2 Å². The standard InChI is InChI=1S/C15H18N2S/c1-3-4-5-6-8-16-12(2)13-10-15-14(17-11-13)7-9-18-15/h1,7,9-12,16H,4-6,8H2,2H3. The van der Waals surface area contributed by atoms with E-state index in [-0.39, 0.29) is 0 Å². The molecule has 1 atom stereocenters. The lowest BCUT2D eigenvalue weighted by Gasteiger charge is -2.13. The van der Waals surface area contributed by atoms with Crippen molar-refractivity contribution in [1.82, 2.24) is 10.3 Å². The van der Waals surface area contributed by atoms with Crippen molar-refractivity contribution >= 4 is 21.6 Å². The number of hydrogen-bond donors (Lipinski definition) is 1. The van der Waals surface area contributed by atoms with E-state index in [9.17, 15) is 0 Å². The number of fused-ring (bicyclic) bond motifs is 1. The number of hydrogen-bond acceptors (Lipinski definition) is 3. The second-order valence-electron chi connectivity index (χ2n) is 4.41. The third-order valence-corrected chi connectivity index (χ3v) is 3.88. The monoisotopic (exact) mass is 258 g/mol. The minimum atomic E-state index is 0.342. The molecule has 0 radical (unpaired) electrons. The summed E-state index contributed by atoms with van der Waals surface area (Å²) in [4.78, 5) is 4.46. The van der Waals surface area contributed by atoms with Gasteiger partial charge in [0.25, 0.3) is 0 Å². The van der Waals surface area contributed by atoms with E-state index < -0.39 is 0 Å². The second kappa shape index (κ2) is 6.53. The molecule has 0 aliphatic rings. The summed E-state index contributed by atoms with van der Waals surface area (Å²) in [5, 5.41) is 5.59. The summed E-state index contributed by atoms with van der Waals surface area (Å²) in [6.45, 7) is 3.18. The molecular formula is C15H18N2S. The van der Waals surface area contributed by atoms with Gasteiger partial charge >= 0.3 is 0 Å². The highest BCUT2D eigenvalue weighted by molar-refractivity contribution is 7.17. The molecule has 2 aromatic heterocycles. The van der Waals surface area contributed by atoms with Crippen molar-refractivity contribution in [3.8, 4) is 12.3 Å². The van der Waals surface area contributed by atoms with Crippen molar-refractivity contribution in [2.24, 2.45) is 0 Å². The highest BCUT2D eigenvalue weighted by Crippen LogP contribution is 2.22. The lowest BCUT2D eigenvalue weighted by molar-refractivity contribution is 0.549. The van der Waals surface area contributed by atoms with Crippen molar-refractivity contribution in [2.45, 2.75) is 32.2 Å². The van der Waals surface area contributed by atoms with E-state index in [1.165, 1.54) is 10.3 Å². The molecule has 3 heteroatoms. The number of pyridine rings is 1. The Morgan fingerprint density at radius 2 is 2.39 bits per heavy atom. The topological polar surface area (TPSA) is 24.9 Å². The molecule has 0 amide bonds. The van der Waals surface area contributed by atoms with E-state index in [1.54, 1.807) is 11.3 Å². The van der Waals surface area contributed by atoms with E-state index >= 15 is 0 Å². The molecule has 0 aromatic carbocycles. The molecule has 94 valence electrons. The molecule has 2 aromatic rings. The van der Waals surface area contributed by atoms with Gasteiger partial charge in [-0.1, -0.05) is 0 Å². The van der Waals surface area contributed by atoms with Crippen molar-refractivity contribution < 1.29 is 0 Å². The van der Waals surface area contributed by atoms with Crippen LogP contribution in [0, 0.1) is 12.3 Å². The Hall–Kier alpha value is -1.37. The summed E-state index contributed by atoms with van der Waals surface area (Å²) < 4.78 is 1.26. The van der Waals surface area contributed by atoms with Gasteiger partial charge in [0.2, 0.25) is 0 Å². The second-order valence-corrected chi connectivity index (χ2v) is 5.36.